The van der Waals surface area contributed by atoms with E-state index in [-0.39, 0.29) is 0 Å². The highest BCUT2D eigenvalue weighted by molar-refractivity contribution is 9.09. The van der Waals surface area contributed by atoms with Gasteiger partial charge >= 0.3 is 0 Å². The zero-order valence-corrected chi connectivity index (χ0v) is 8.98. The minimum Gasteiger partial charge on any atom is -0.390 e. The lowest BCUT2D eigenvalue weighted by Gasteiger charge is -2.16. The average molecular weight is 264 g/mol. The van der Waals surface area contributed by atoms with Gasteiger partial charge in [0.05, 0.1) is 6.10 Å². The Morgan fingerprint density at radius 2 is 2.21 bits per heavy atom. The molecule has 0 radical (unpaired) electrons. The molecule has 0 aliphatic heterocycles. The van der Waals surface area contributed by atoms with Gasteiger partial charge in [-0.05, 0) is 24.1 Å². The fraction of sp³-hybridized carbons (Fsp3) is 0.444. The lowest BCUT2D eigenvalue weighted by molar-refractivity contribution is 0.0171. The third-order valence-electron chi connectivity index (χ3n) is 1.86. The van der Waals surface area contributed by atoms with Crippen molar-refractivity contribution in [1.29, 1.82) is 0 Å². The largest absolute Gasteiger partial charge is 0.390 e. The first-order valence-electron chi connectivity index (χ1n) is 4.18. The van der Waals surface area contributed by atoms with Crippen LogP contribution in [0, 0.1) is 5.95 Å². The molecule has 0 aliphatic carbocycles. The summed E-state index contributed by atoms with van der Waals surface area (Å²) in [6.07, 6.45) is -0.291. The fourth-order valence-corrected chi connectivity index (χ4v) is 1.56. The quantitative estimate of drug-likeness (QED) is 0.638. The Morgan fingerprint density at radius 3 is 2.79 bits per heavy atom. The summed E-state index contributed by atoms with van der Waals surface area (Å²) in [5, 5.41) is 19.6. The summed E-state index contributed by atoms with van der Waals surface area (Å²) in [6.45, 7) is 0. The van der Waals surface area contributed by atoms with Crippen LogP contribution in [0.5, 0.6) is 0 Å². The summed E-state index contributed by atoms with van der Waals surface area (Å²) in [7, 11) is 0. The third-order valence-corrected chi connectivity index (χ3v) is 2.32. The number of aliphatic hydroxyl groups excluding tert-OH is 2. The van der Waals surface area contributed by atoms with Gasteiger partial charge in [0.15, 0.2) is 0 Å². The number of pyridine rings is 1. The van der Waals surface area contributed by atoms with E-state index in [1.807, 2.05) is 0 Å². The van der Waals surface area contributed by atoms with Crippen LogP contribution < -0.4 is 0 Å². The molecule has 1 heterocycles. The Hall–Kier alpha value is -0.520. The predicted octanol–water partition coefficient (Wildman–Crippen LogP) is 1.40. The highest BCUT2D eigenvalue weighted by atomic mass is 79.9. The van der Waals surface area contributed by atoms with Crippen molar-refractivity contribution < 1.29 is 14.6 Å². The van der Waals surface area contributed by atoms with Crippen molar-refractivity contribution in [3.05, 3.63) is 29.8 Å². The van der Waals surface area contributed by atoms with Crippen molar-refractivity contribution in [2.24, 2.45) is 0 Å². The smallest absolute Gasteiger partial charge is 0.213 e. The minimum absolute atomic E-state index is 0.339. The number of hydrogen-bond donors (Lipinski definition) is 2. The number of alkyl halides is 1. The van der Waals surface area contributed by atoms with Gasteiger partial charge in [0.1, 0.15) is 6.10 Å². The summed E-state index contributed by atoms with van der Waals surface area (Å²) in [5.74, 6) is -0.660. The molecular formula is C9H11BrFNO2. The van der Waals surface area contributed by atoms with E-state index in [1.165, 1.54) is 12.3 Å². The molecule has 0 aliphatic rings. The van der Waals surface area contributed by atoms with Crippen molar-refractivity contribution in [1.82, 2.24) is 4.98 Å². The van der Waals surface area contributed by atoms with Crippen molar-refractivity contribution in [3.63, 3.8) is 0 Å². The first-order valence-corrected chi connectivity index (χ1v) is 5.31. The van der Waals surface area contributed by atoms with E-state index in [2.05, 4.69) is 20.9 Å². The lowest BCUT2D eigenvalue weighted by Crippen LogP contribution is -2.18. The predicted molar refractivity (Wildman–Crippen MR) is 53.6 cm³/mol. The molecule has 2 N–H and O–H groups in total. The molecule has 2 atom stereocenters. The van der Waals surface area contributed by atoms with Crippen LogP contribution in [0.2, 0.25) is 0 Å². The van der Waals surface area contributed by atoms with Crippen LogP contribution in [0.4, 0.5) is 4.39 Å². The Kier molecular flexibility index (Phi) is 4.44. The van der Waals surface area contributed by atoms with Gasteiger partial charge in [-0.2, -0.15) is 4.39 Å². The van der Waals surface area contributed by atoms with Gasteiger partial charge in [-0.1, -0.05) is 15.9 Å². The number of rotatable bonds is 4. The summed E-state index contributed by atoms with van der Waals surface area (Å²) in [4.78, 5) is 3.36. The number of aromatic nitrogens is 1. The third kappa shape index (κ3) is 3.01. The summed E-state index contributed by atoms with van der Waals surface area (Å²) < 4.78 is 12.7. The van der Waals surface area contributed by atoms with Gasteiger partial charge in [-0.3, -0.25) is 0 Å². The van der Waals surface area contributed by atoms with Crippen LogP contribution >= 0.6 is 15.9 Å². The first-order chi connectivity index (χ1) is 6.65. The summed E-state index contributed by atoms with van der Waals surface area (Å²) in [5.41, 5.74) is 0.339. The van der Waals surface area contributed by atoms with Crippen molar-refractivity contribution in [2.75, 3.05) is 5.33 Å². The van der Waals surface area contributed by atoms with E-state index >= 15 is 0 Å². The molecule has 0 bridgehead atoms. The van der Waals surface area contributed by atoms with Crippen LogP contribution in [-0.2, 0) is 0 Å². The highest BCUT2D eigenvalue weighted by Gasteiger charge is 2.17. The normalized spacial score (nSPS) is 15.1. The molecule has 0 saturated heterocycles. The number of hydrogen-bond acceptors (Lipinski definition) is 3. The van der Waals surface area contributed by atoms with Crippen molar-refractivity contribution in [2.45, 2.75) is 18.6 Å². The lowest BCUT2D eigenvalue weighted by atomic mass is 10.0. The first kappa shape index (κ1) is 11.6. The molecule has 2 unspecified atom stereocenters. The monoisotopic (exact) mass is 263 g/mol. The number of aliphatic hydroxyl groups is 2. The van der Waals surface area contributed by atoms with Crippen molar-refractivity contribution in [3.8, 4) is 0 Å². The maximum absolute atomic E-state index is 12.7. The van der Waals surface area contributed by atoms with E-state index in [4.69, 9.17) is 0 Å². The van der Waals surface area contributed by atoms with Crippen LogP contribution in [0.3, 0.4) is 0 Å². The molecule has 5 heteroatoms. The average Bonchev–Trinajstić information content (AvgIpc) is 2.17. The molecule has 0 aromatic carbocycles. The van der Waals surface area contributed by atoms with E-state index < -0.39 is 18.2 Å². The Balaban J connectivity index is 2.73. The van der Waals surface area contributed by atoms with Gasteiger partial charge < -0.3 is 10.2 Å². The van der Waals surface area contributed by atoms with Crippen LogP contribution in [0.15, 0.2) is 18.3 Å². The minimum atomic E-state index is -1.06. The van der Waals surface area contributed by atoms with Gasteiger partial charge in [-0.25, -0.2) is 4.98 Å². The molecule has 0 saturated carbocycles. The molecule has 14 heavy (non-hydrogen) atoms. The molecular weight excluding hydrogens is 253 g/mol. The molecule has 0 fully saturated rings. The van der Waals surface area contributed by atoms with Gasteiger partial charge in [0.2, 0.25) is 5.95 Å². The molecule has 0 amide bonds. The van der Waals surface area contributed by atoms with Gasteiger partial charge in [-0.15, -0.1) is 0 Å². The van der Waals surface area contributed by atoms with E-state index in [0.717, 1.165) is 6.07 Å². The topological polar surface area (TPSA) is 53.4 Å². The second-order valence-electron chi connectivity index (χ2n) is 2.90. The van der Waals surface area contributed by atoms with Crippen LogP contribution in [-0.4, -0.2) is 26.6 Å². The zero-order chi connectivity index (χ0) is 10.6. The highest BCUT2D eigenvalue weighted by Crippen LogP contribution is 2.19. The van der Waals surface area contributed by atoms with Gasteiger partial charge in [0.25, 0.3) is 0 Å². The number of nitrogens with zero attached hydrogens (tertiary/aromatic N) is 1. The molecule has 1 aromatic heterocycles. The maximum atomic E-state index is 12.7. The van der Waals surface area contributed by atoms with E-state index in [9.17, 15) is 14.6 Å². The summed E-state index contributed by atoms with van der Waals surface area (Å²) >= 11 is 3.15. The van der Waals surface area contributed by atoms with Crippen LogP contribution in [0.25, 0.3) is 0 Å². The SMILES string of the molecule is OC(CCBr)C(O)c1ccnc(F)c1. The Morgan fingerprint density at radius 1 is 1.50 bits per heavy atom. The van der Waals surface area contributed by atoms with Crippen LogP contribution in [0.1, 0.15) is 18.1 Å². The molecule has 3 nitrogen and oxygen atoms in total. The fourth-order valence-electron chi connectivity index (χ4n) is 1.09. The Bertz CT molecular complexity index is 298. The molecule has 0 spiro atoms. The molecule has 1 aromatic rings. The van der Waals surface area contributed by atoms with E-state index in [1.54, 1.807) is 0 Å². The van der Waals surface area contributed by atoms with Gasteiger partial charge in [0, 0.05) is 11.5 Å². The second-order valence-corrected chi connectivity index (χ2v) is 3.69. The van der Waals surface area contributed by atoms with E-state index in [0.29, 0.717) is 17.3 Å². The second kappa shape index (κ2) is 5.38. The van der Waals surface area contributed by atoms with Crippen molar-refractivity contribution >= 4 is 15.9 Å². The summed E-state index contributed by atoms with van der Waals surface area (Å²) in [6, 6.07) is 2.59. The zero-order valence-electron chi connectivity index (χ0n) is 7.40. The number of halogens is 2. The Labute approximate surface area is 89.7 Å². The standard InChI is InChI=1S/C9H11BrFNO2/c10-3-1-7(13)9(14)6-2-4-12-8(11)5-6/h2,4-5,7,9,13-14H,1,3H2. The molecule has 1 rings (SSSR count). The molecule has 78 valence electrons. The maximum Gasteiger partial charge on any atom is 0.213 e.